The molecule has 0 saturated carbocycles. The van der Waals surface area contributed by atoms with Crippen LogP contribution >= 0.6 is 0 Å². The summed E-state index contributed by atoms with van der Waals surface area (Å²) in [4.78, 5) is 9.59. The van der Waals surface area contributed by atoms with Crippen LogP contribution in [0.4, 0.5) is 0 Å². The molecule has 0 heterocycles. The molecular weight excluding hydrogens is 232 g/mol. The number of esters is 1. The highest BCUT2D eigenvalue weighted by Crippen LogP contribution is 2.05. The average molecular weight is 256 g/mol. The van der Waals surface area contributed by atoms with Crippen molar-refractivity contribution in [2.75, 3.05) is 27.4 Å². The Morgan fingerprint density at radius 3 is 1.67 bits per heavy atom. The van der Waals surface area contributed by atoms with E-state index in [0.29, 0.717) is 0 Å². The molecule has 0 radical (unpaired) electrons. The molecule has 1 rings (SSSR count). The number of rotatable bonds is 3. The van der Waals surface area contributed by atoms with Crippen LogP contribution in [0.25, 0.3) is 0 Å². The Morgan fingerprint density at radius 1 is 1.06 bits per heavy atom. The first-order chi connectivity index (χ1) is 8.62. The van der Waals surface area contributed by atoms with Gasteiger partial charge in [-0.1, -0.05) is 18.2 Å². The second-order valence-corrected chi connectivity index (χ2v) is 2.99. The Bertz CT molecular complexity index is 270. The van der Waals surface area contributed by atoms with Crippen LogP contribution in [-0.4, -0.2) is 33.4 Å². The molecule has 0 aliphatic heterocycles. The van der Waals surface area contributed by atoms with E-state index >= 15 is 0 Å². The van der Waals surface area contributed by atoms with Crippen LogP contribution in [-0.2, 0) is 14.3 Å². The van der Waals surface area contributed by atoms with E-state index in [1.54, 1.807) is 7.11 Å². The molecule has 0 bridgehead atoms. The van der Waals surface area contributed by atoms with Crippen LogP contribution < -0.4 is 4.74 Å². The lowest BCUT2D eigenvalue weighted by Gasteiger charge is -1.93. The molecule has 4 nitrogen and oxygen atoms in total. The fraction of sp³-hybridized carbons (Fsp3) is 0.500. The van der Waals surface area contributed by atoms with Gasteiger partial charge < -0.3 is 14.2 Å². The van der Waals surface area contributed by atoms with Gasteiger partial charge >= 0.3 is 5.97 Å². The smallest absolute Gasteiger partial charge is 0.302 e. The summed E-state index contributed by atoms with van der Waals surface area (Å²) in [5.74, 6) is 0.664. The Labute approximate surface area is 110 Å². The molecule has 0 aliphatic rings. The topological polar surface area (TPSA) is 44.8 Å². The molecule has 0 aromatic heterocycles. The summed E-state index contributed by atoms with van der Waals surface area (Å²) in [7, 11) is 3.01. The Kier molecular flexibility index (Phi) is 16.1. The van der Waals surface area contributed by atoms with Gasteiger partial charge in [0.2, 0.25) is 0 Å². The molecule has 4 heteroatoms. The third-order valence-corrected chi connectivity index (χ3v) is 1.67. The Balaban J connectivity index is 0. The van der Waals surface area contributed by atoms with Gasteiger partial charge in [0.1, 0.15) is 5.75 Å². The quantitative estimate of drug-likeness (QED) is 0.780. The van der Waals surface area contributed by atoms with Crippen LogP contribution in [0.2, 0.25) is 0 Å². The maximum absolute atomic E-state index is 9.59. The highest BCUT2D eigenvalue weighted by atomic mass is 16.5. The number of ether oxygens (including phenoxy) is 3. The van der Waals surface area contributed by atoms with E-state index in [-0.39, 0.29) is 5.97 Å². The summed E-state index contributed by atoms with van der Waals surface area (Å²) in [6.45, 7) is 7.03. The minimum atomic E-state index is -0.245. The van der Waals surface area contributed by atoms with Crippen LogP contribution in [0, 0.1) is 0 Å². The van der Waals surface area contributed by atoms with E-state index in [4.69, 9.17) is 9.47 Å². The SMILES string of the molecule is CCOCC.COC(C)=O.COc1ccccc1. The van der Waals surface area contributed by atoms with Crippen molar-refractivity contribution < 1.29 is 19.0 Å². The van der Waals surface area contributed by atoms with Crippen LogP contribution in [0.3, 0.4) is 0 Å². The Hall–Kier alpha value is -1.55. The summed E-state index contributed by atoms with van der Waals surface area (Å²) >= 11 is 0. The maximum Gasteiger partial charge on any atom is 0.302 e. The highest BCUT2D eigenvalue weighted by molar-refractivity contribution is 5.65. The first-order valence-corrected chi connectivity index (χ1v) is 5.83. The first kappa shape index (κ1) is 18.8. The molecular formula is C14H24O4. The van der Waals surface area contributed by atoms with E-state index in [1.165, 1.54) is 14.0 Å². The lowest BCUT2D eigenvalue weighted by atomic mass is 10.3. The minimum absolute atomic E-state index is 0.245. The maximum atomic E-state index is 9.59. The zero-order chi connectivity index (χ0) is 14.2. The summed E-state index contributed by atoms with van der Waals surface area (Å²) in [6.07, 6.45) is 0. The molecule has 0 N–H and O–H groups in total. The normalized spacial score (nSPS) is 8.06. The van der Waals surface area contributed by atoms with Gasteiger partial charge in [0.15, 0.2) is 0 Å². The standard InChI is InChI=1S/C7H8O.C4H10O.C3H6O2/c1-8-7-5-3-2-4-6-7;1-3-5-4-2;1-3(4)5-2/h2-6H,1H3;3-4H2,1-2H3;1-2H3. The second-order valence-electron chi connectivity index (χ2n) is 2.99. The minimum Gasteiger partial charge on any atom is -0.497 e. The lowest BCUT2D eigenvalue weighted by Crippen LogP contribution is -1.88. The summed E-state index contributed by atoms with van der Waals surface area (Å²) in [6, 6.07) is 9.68. The number of carbonyl (C=O) groups is 1. The zero-order valence-electron chi connectivity index (χ0n) is 11.9. The van der Waals surface area contributed by atoms with E-state index in [2.05, 4.69) is 4.74 Å². The summed E-state index contributed by atoms with van der Waals surface area (Å²) in [5.41, 5.74) is 0. The van der Waals surface area contributed by atoms with Crippen molar-refractivity contribution in [2.45, 2.75) is 20.8 Å². The van der Waals surface area contributed by atoms with Crippen LogP contribution in [0.15, 0.2) is 30.3 Å². The largest absolute Gasteiger partial charge is 0.497 e. The number of para-hydroxylation sites is 1. The van der Waals surface area contributed by atoms with Gasteiger partial charge in [0.05, 0.1) is 14.2 Å². The van der Waals surface area contributed by atoms with Gasteiger partial charge in [-0.25, -0.2) is 0 Å². The molecule has 1 aromatic rings. The molecule has 0 fully saturated rings. The van der Waals surface area contributed by atoms with E-state index in [1.807, 2.05) is 44.2 Å². The second kappa shape index (κ2) is 15.4. The third kappa shape index (κ3) is 16.9. The van der Waals surface area contributed by atoms with Crippen molar-refractivity contribution in [1.82, 2.24) is 0 Å². The molecule has 0 aliphatic carbocycles. The fourth-order valence-corrected chi connectivity index (χ4v) is 0.761. The van der Waals surface area contributed by atoms with Gasteiger partial charge in [-0.05, 0) is 26.0 Å². The Morgan fingerprint density at radius 2 is 1.50 bits per heavy atom. The number of hydrogen-bond donors (Lipinski definition) is 0. The van der Waals surface area contributed by atoms with E-state index in [9.17, 15) is 4.79 Å². The number of methoxy groups -OCH3 is 2. The van der Waals surface area contributed by atoms with Crippen molar-refractivity contribution in [1.29, 1.82) is 0 Å². The summed E-state index contributed by atoms with van der Waals surface area (Å²) < 4.78 is 13.9. The van der Waals surface area contributed by atoms with E-state index < -0.39 is 0 Å². The molecule has 1 aromatic carbocycles. The monoisotopic (exact) mass is 256 g/mol. The molecule has 104 valence electrons. The predicted molar refractivity (Wildman–Crippen MR) is 72.9 cm³/mol. The highest BCUT2D eigenvalue weighted by Gasteiger charge is 1.80. The molecule has 0 saturated heterocycles. The van der Waals surface area contributed by atoms with Gasteiger partial charge in [0, 0.05) is 20.1 Å². The molecule has 0 unspecified atom stereocenters. The van der Waals surface area contributed by atoms with Gasteiger partial charge in [-0.15, -0.1) is 0 Å². The fourth-order valence-electron chi connectivity index (χ4n) is 0.761. The van der Waals surface area contributed by atoms with E-state index in [0.717, 1.165) is 19.0 Å². The molecule has 0 atom stereocenters. The molecule has 0 spiro atoms. The van der Waals surface area contributed by atoms with Crippen molar-refractivity contribution in [3.8, 4) is 5.75 Å². The zero-order valence-corrected chi connectivity index (χ0v) is 11.9. The predicted octanol–water partition coefficient (Wildman–Crippen LogP) is 2.92. The van der Waals surface area contributed by atoms with Gasteiger partial charge in [-0.2, -0.15) is 0 Å². The number of carbonyl (C=O) groups excluding carboxylic acids is 1. The van der Waals surface area contributed by atoms with Crippen molar-refractivity contribution in [3.63, 3.8) is 0 Å². The average Bonchev–Trinajstić information content (AvgIpc) is 2.42. The van der Waals surface area contributed by atoms with Gasteiger partial charge in [0.25, 0.3) is 0 Å². The van der Waals surface area contributed by atoms with Crippen molar-refractivity contribution in [2.24, 2.45) is 0 Å². The van der Waals surface area contributed by atoms with Crippen molar-refractivity contribution in [3.05, 3.63) is 30.3 Å². The third-order valence-electron chi connectivity index (χ3n) is 1.67. The number of benzene rings is 1. The van der Waals surface area contributed by atoms with Crippen molar-refractivity contribution >= 4 is 5.97 Å². The van der Waals surface area contributed by atoms with Crippen LogP contribution in [0.5, 0.6) is 5.75 Å². The molecule has 18 heavy (non-hydrogen) atoms. The number of hydrogen-bond acceptors (Lipinski definition) is 4. The van der Waals surface area contributed by atoms with Gasteiger partial charge in [-0.3, -0.25) is 4.79 Å². The molecule has 0 amide bonds. The van der Waals surface area contributed by atoms with Crippen LogP contribution in [0.1, 0.15) is 20.8 Å². The summed E-state index contributed by atoms with van der Waals surface area (Å²) in [5, 5.41) is 0. The first-order valence-electron chi connectivity index (χ1n) is 5.83. The lowest BCUT2D eigenvalue weighted by molar-refractivity contribution is -0.137.